The van der Waals surface area contributed by atoms with Gasteiger partial charge < -0.3 is 10.0 Å². The minimum Gasteiger partial charge on any atom is -0.396 e. The molecular weight excluding hydrogens is 270 g/mol. The standard InChI is InChI=1S/C20H29NO/c1-17-9-7-11-19(17)15-21(13-5-3-4-6-14-22)16-20-12-8-10-18(20)2/h7-12,22H,3-6,13-16H2,1-2H3. The number of rotatable bonds is 10. The van der Waals surface area contributed by atoms with Crippen molar-refractivity contribution >= 4 is 0 Å². The summed E-state index contributed by atoms with van der Waals surface area (Å²) in [6.07, 6.45) is 17.7. The summed E-state index contributed by atoms with van der Waals surface area (Å²) in [6.45, 7) is 7.90. The predicted octanol–water partition coefficient (Wildman–Crippen LogP) is 3.43. The van der Waals surface area contributed by atoms with E-state index in [1.54, 1.807) is 0 Å². The zero-order valence-electron chi connectivity index (χ0n) is 14.0. The van der Waals surface area contributed by atoms with E-state index in [9.17, 15) is 0 Å². The molecule has 2 aliphatic rings. The van der Waals surface area contributed by atoms with Crippen LogP contribution in [0.3, 0.4) is 0 Å². The van der Waals surface area contributed by atoms with Crippen molar-refractivity contribution in [2.24, 2.45) is 0 Å². The van der Waals surface area contributed by atoms with Crippen LogP contribution in [0.25, 0.3) is 0 Å². The number of nitrogens with zero attached hydrogens (tertiary/aromatic N) is 1. The molecule has 0 spiro atoms. The highest BCUT2D eigenvalue weighted by molar-refractivity contribution is 5.45. The third-order valence-electron chi connectivity index (χ3n) is 4.47. The molecule has 0 amide bonds. The van der Waals surface area contributed by atoms with E-state index in [-0.39, 0.29) is 0 Å². The van der Waals surface area contributed by atoms with Gasteiger partial charge in [0.05, 0.1) is 0 Å². The van der Waals surface area contributed by atoms with Crippen molar-refractivity contribution in [1.82, 2.24) is 4.90 Å². The van der Waals surface area contributed by atoms with E-state index < -0.39 is 0 Å². The second-order valence-electron chi connectivity index (χ2n) is 6.32. The van der Waals surface area contributed by atoms with E-state index in [0.29, 0.717) is 6.61 Å². The first-order valence-corrected chi connectivity index (χ1v) is 8.46. The van der Waals surface area contributed by atoms with Gasteiger partial charge >= 0.3 is 0 Å². The normalized spacial score (nSPS) is 22.4. The summed E-state index contributed by atoms with van der Waals surface area (Å²) in [5.41, 5.74) is 0. The summed E-state index contributed by atoms with van der Waals surface area (Å²) in [7, 11) is 0. The fraction of sp³-hybridized carbons (Fsp3) is 0.500. The molecule has 0 aromatic heterocycles. The highest BCUT2D eigenvalue weighted by atomic mass is 16.2. The van der Waals surface area contributed by atoms with Crippen molar-refractivity contribution in [3.8, 4) is 0 Å². The Bertz CT molecular complexity index is 271. The van der Waals surface area contributed by atoms with Crippen molar-refractivity contribution in [2.75, 3.05) is 26.2 Å². The average molecular weight is 299 g/mol. The topological polar surface area (TPSA) is 23.5 Å². The molecule has 2 saturated carbocycles. The van der Waals surface area contributed by atoms with Gasteiger partial charge in [0, 0.05) is 31.5 Å². The van der Waals surface area contributed by atoms with Crippen LogP contribution in [0.15, 0.2) is 0 Å². The monoisotopic (exact) mass is 299 g/mol. The van der Waals surface area contributed by atoms with Crippen LogP contribution in [-0.4, -0.2) is 36.2 Å². The highest BCUT2D eigenvalue weighted by Gasteiger charge is 2.30. The van der Waals surface area contributed by atoms with Crippen LogP contribution >= 0.6 is 0 Å². The van der Waals surface area contributed by atoms with Crippen LogP contribution in [0.4, 0.5) is 0 Å². The molecule has 2 aliphatic carbocycles. The zero-order chi connectivity index (χ0) is 15.8. The minimum absolute atomic E-state index is 0.323. The van der Waals surface area contributed by atoms with Crippen LogP contribution in [0.1, 0.15) is 39.5 Å². The van der Waals surface area contributed by atoms with Crippen molar-refractivity contribution < 1.29 is 5.11 Å². The van der Waals surface area contributed by atoms with Crippen molar-refractivity contribution in [3.05, 3.63) is 62.2 Å². The highest BCUT2D eigenvalue weighted by Crippen LogP contribution is 2.36. The second kappa shape index (κ2) is 9.93. The number of hydrogen-bond donors (Lipinski definition) is 1. The Kier molecular flexibility index (Phi) is 8.24. The Balaban J connectivity index is 1.77. The SMILES string of the molecule is C[C]1[CH][CH][CH][C]1CN(CCCCCCO)C[C]1[CH][CH][CH][C]1C. The van der Waals surface area contributed by atoms with Gasteiger partial charge in [0.15, 0.2) is 0 Å². The molecule has 2 rings (SSSR count). The predicted molar refractivity (Wildman–Crippen MR) is 92.1 cm³/mol. The van der Waals surface area contributed by atoms with Gasteiger partial charge in [-0.1, -0.05) is 26.7 Å². The van der Waals surface area contributed by atoms with E-state index in [1.165, 1.54) is 36.5 Å². The lowest BCUT2D eigenvalue weighted by Gasteiger charge is -2.30. The number of hydrogen-bond acceptors (Lipinski definition) is 2. The van der Waals surface area contributed by atoms with Crippen LogP contribution in [0.2, 0.25) is 0 Å². The van der Waals surface area contributed by atoms with Crippen LogP contribution in [0, 0.1) is 62.2 Å². The summed E-state index contributed by atoms with van der Waals surface area (Å²) >= 11 is 0. The zero-order valence-corrected chi connectivity index (χ0v) is 14.0. The Morgan fingerprint density at radius 3 is 1.77 bits per heavy atom. The largest absolute Gasteiger partial charge is 0.396 e. The smallest absolute Gasteiger partial charge is 0.0431 e. The maximum absolute atomic E-state index is 8.87. The van der Waals surface area contributed by atoms with Crippen molar-refractivity contribution in [3.63, 3.8) is 0 Å². The molecule has 0 aliphatic heterocycles. The van der Waals surface area contributed by atoms with Crippen molar-refractivity contribution in [1.29, 1.82) is 0 Å². The Hall–Kier alpha value is -0.0800. The van der Waals surface area contributed by atoms with Crippen LogP contribution in [-0.2, 0) is 0 Å². The first-order valence-electron chi connectivity index (χ1n) is 8.46. The molecular formula is C20H29NO. The molecule has 0 unspecified atom stereocenters. The quantitative estimate of drug-likeness (QED) is 0.625. The van der Waals surface area contributed by atoms with Gasteiger partial charge in [-0.05, 0) is 69.7 Å². The van der Waals surface area contributed by atoms with Gasteiger partial charge in [0.25, 0.3) is 0 Å². The van der Waals surface area contributed by atoms with Gasteiger partial charge in [0.2, 0.25) is 0 Å². The number of aliphatic hydroxyl groups is 1. The van der Waals surface area contributed by atoms with Gasteiger partial charge in [-0.2, -0.15) is 0 Å². The Morgan fingerprint density at radius 1 is 0.773 bits per heavy atom. The van der Waals surface area contributed by atoms with Crippen LogP contribution in [0.5, 0.6) is 0 Å². The molecule has 0 aromatic rings. The molecule has 22 heavy (non-hydrogen) atoms. The molecule has 1 N–H and O–H groups in total. The summed E-state index contributed by atoms with van der Waals surface area (Å²) < 4.78 is 0. The lowest BCUT2D eigenvalue weighted by molar-refractivity contribution is 0.272. The first-order chi connectivity index (χ1) is 10.7. The van der Waals surface area contributed by atoms with E-state index >= 15 is 0 Å². The molecule has 0 atom stereocenters. The summed E-state index contributed by atoms with van der Waals surface area (Å²) in [5.74, 6) is 5.67. The fourth-order valence-electron chi connectivity index (χ4n) is 2.95. The maximum atomic E-state index is 8.87. The van der Waals surface area contributed by atoms with Gasteiger partial charge in [-0.3, -0.25) is 0 Å². The minimum atomic E-state index is 0.323. The molecule has 2 fully saturated rings. The number of unbranched alkanes of at least 4 members (excludes halogenated alkanes) is 3. The number of aliphatic hydroxyl groups excluding tert-OH is 1. The lowest BCUT2D eigenvalue weighted by atomic mass is 9.94. The molecule has 2 heteroatoms. The average Bonchev–Trinajstić information content (AvgIpc) is 3.08. The Morgan fingerprint density at radius 2 is 1.32 bits per heavy atom. The third-order valence-corrected chi connectivity index (χ3v) is 4.47. The Labute approximate surface area is 138 Å². The van der Waals surface area contributed by atoms with E-state index in [2.05, 4.69) is 57.3 Å². The van der Waals surface area contributed by atoms with Crippen molar-refractivity contribution in [2.45, 2.75) is 39.5 Å². The van der Waals surface area contributed by atoms with E-state index in [0.717, 1.165) is 32.5 Å². The molecule has 2 nitrogen and oxygen atoms in total. The molecule has 0 bridgehead atoms. The first kappa shape index (κ1) is 18.3. The fourth-order valence-corrected chi connectivity index (χ4v) is 2.95. The molecule has 0 saturated heterocycles. The molecule has 120 valence electrons. The third kappa shape index (κ3) is 5.85. The summed E-state index contributed by atoms with van der Waals surface area (Å²) in [4.78, 5) is 2.56. The second-order valence-corrected chi connectivity index (χ2v) is 6.32. The maximum Gasteiger partial charge on any atom is 0.0431 e. The van der Waals surface area contributed by atoms with Gasteiger partial charge in [-0.25, -0.2) is 0 Å². The summed E-state index contributed by atoms with van der Waals surface area (Å²) in [5, 5.41) is 8.87. The van der Waals surface area contributed by atoms with Gasteiger partial charge in [0.1, 0.15) is 0 Å². The van der Waals surface area contributed by atoms with E-state index in [1.807, 2.05) is 0 Å². The molecule has 0 heterocycles. The summed E-state index contributed by atoms with van der Waals surface area (Å²) in [6, 6.07) is 0. The molecule has 0 aromatic carbocycles. The van der Waals surface area contributed by atoms with Crippen LogP contribution < -0.4 is 0 Å². The van der Waals surface area contributed by atoms with Gasteiger partial charge in [-0.15, -0.1) is 0 Å². The lowest BCUT2D eigenvalue weighted by Crippen LogP contribution is -2.34. The van der Waals surface area contributed by atoms with E-state index in [4.69, 9.17) is 5.11 Å². The molecule has 10 radical (unpaired) electrons.